The van der Waals surface area contributed by atoms with Gasteiger partial charge >= 0.3 is 0 Å². The molecule has 0 bridgehead atoms. The van der Waals surface area contributed by atoms with E-state index < -0.39 is 0 Å². The van der Waals surface area contributed by atoms with Gasteiger partial charge in [-0.1, -0.05) is 12.1 Å². The molecule has 4 heterocycles. The Morgan fingerprint density at radius 3 is 2.91 bits per heavy atom. The fraction of sp³-hybridized carbons (Fsp3) is 0.417. The molecule has 2 aliphatic heterocycles. The van der Waals surface area contributed by atoms with Crippen LogP contribution in [0.1, 0.15) is 43.0 Å². The molecule has 0 aliphatic carbocycles. The third-order valence-electron chi connectivity index (χ3n) is 6.37. The van der Waals surface area contributed by atoms with Gasteiger partial charge in [0.25, 0.3) is 0 Å². The Morgan fingerprint density at radius 1 is 1.19 bits per heavy atom. The van der Waals surface area contributed by atoms with E-state index in [9.17, 15) is 4.79 Å². The lowest BCUT2D eigenvalue weighted by molar-refractivity contribution is -0.131. The molecule has 1 atom stereocenters. The lowest BCUT2D eigenvalue weighted by Gasteiger charge is -2.25. The first-order valence-corrected chi connectivity index (χ1v) is 11.3. The summed E-state index contributed by atoms with van der Waals surface area (Å²) in [5.41, 5.74) is 3.69. The predicted molar refractivity (Wildman–Crippen MR) is 121 cm³/mol. The third kappa shape index (κ3) is 4.04. The second-order valence-electron chi connectivity index (χ2n) is 8.41. The minimum absolute atomic E-state index is 0.0317. The molecule has 0 saturated carbocycles. The van der Waals surface area contributed by atoms with Crippen molar-refractivity contribution in [3.05, 3.63) is 54.0 Å². The van der Waals surface area contributed by atoms with E-state index in [0.29, 0.717) is 6.42 Å². The number of amides is 1. The molecule has 5 rings (SSSR count). The molecule has 1 unspecified atom stereocenters. The van der Waals surface area contributed by atoms with E-state index in [1.165, 1.54) is 12.8 Å². The quantitative estimate of drug-likeness (QED) is 0.643. The van der Waals surface area contributed by atoms with Crippen molar-refractivity contribution in [1.82, 2.24) is 25.1 Å². The molecule has 2 aromatic heterocycles. The fourth-order valence-electron chi connectivity index (χ4n) is 4.75. The van der Waals surface area contributed by atoms with Crippen LogP contribution in [0, 0.1) is 0 Å². The van der Waals surface area contributed by atoms with Gasteiger partial charge in [0.2, 0.25) is 11.9 Å². The molecule has 8 heteroatoms. The highest BCUT2D eigenvalue weighted by Gasteiger charge is 2.33. The average molecular weight is 433 g/mol. The van der Waals surface area contributed by atoms with E-state index >= 15 is 0 Å². The summed E-state index contributed by atoms with van der Waals surface area (Å²) in [6, 6.07) is 9.59. The molecule has 3 aromatic rings. The molecule has 166 valence electrons. The number of methoxy groups -OCH3 is 1. The lowest BCUT2D eigenvalue weighted by atomic mass is 10.0. The molecule has 2 saturated heterocycles. The molecule has 2 fully saturated rings. The topological polar surface area (TPSA) is 87.2 Å². The number of nitrogens with one attached hydrogen (secondary N) is 1. The number of nitrogens with zero attached hydrogens (tertiary/aromatic N) is 5. The predicted octanol–water partition coefficient (Wildman–Crippen LogP) is 3.38. The fourth-order valence-corrected chi connectivity index (χ4v) is 4.75. The number of carbonyl (C=O) groups is 1. The summed E-state index contributed by atoms with van der Waals surface area (Å²) in [5.74, 6) is 1.65. The molecule has 0 radical (unpaired) electrons. The van der Waals surface area contributed by atoms with Gasteiger partial charge < -0.3 is 14.5 Å². The normalized spacial score (nSPS) is 18.3. The lowest BCUT2D eigenvalue weighted by Crippen LogP contribution is -2.32. The van der Waals surface area contributed by atoms with Crippen molar-refractivity contribution in [2.45, 2.75) is 38.1 Å². The van der Waals surface area contributed by atoms with E-state index in [0.717, 1.165) is 66.7 Å². The van der Waals surface area contributed by atoms with Crippen molar-refractivity contribution in [1.29, 1.82) is 0 Å². The van der Waals surface area contributed by atoms with Gasteiger partial charge in [-0.05, 0) is 49.4 Å². The number of hydrogen-bond donors (Lipinski definition) is 1. The van der Waals surface area contributed by atoms with Crippen molar-refractivity contribution in [3.8, 4) is 17.0 Å². The number of H-pyrrole nitrogens is 1. The van der Waals surface area contributed by atoms with Crippen molar-refractivity contribution < 1.29 is 9.53 Å². The summed E-state index contributed by atoms with van der Waals surface area (Å²) < 4.78 is 5.30. The van der Waals surface area contributed by atoms with Crippen molar-refractivity contribution in [2.75, 3.05) is 31.6 Å². The molecule has 32 heavy (non-hydrogen) atoms. The van der Waals surface area contributed by atoms with Crippen LogP contribution < -0.4 is 9.64 Å². The second-order valence-corrected chi connectivity index (χ2v) is 8.41. The van der Waals surface area contributed by atoms with Crippen LogP contribution in [-0.2, 0) is 11.2 Å². The number of anilines is 1. The van der Waals surface area contributed by atoms with Crippen LogP contribution in [0.25, 0.3) is 11.3 Å². The number of aromatic amines is 1. The van der Waals surface area contributed by atoms with Gasteiger partial charge in [0, 0.05) is 31.4 Å². The highest BCUT2D eigenvalue weighted by Crippen LogP contribution is 2.36. The summed E-state index contributed by atoms with van der Waals surface area (Å²) in [4.78, 5) is 26.7. The Morgan fingerprint density at radius 2 is 2.06 bits per heavy atom. The van der Waals surface area contributed by atoms with Gasteiger partial charge in [0.05, 0.1) is 37.2 Å². The highest BCUT2D eigenvalue weighted by atomic mass is 16.5. The van der Waals surface area contributed by atoms with Crippen LogP contribution in [-0.4, -0.2) is 57.7 Å². The first-order chi connectivity index (χ1) is 15.7. The van der Waals surface area contributed by atoms with E-state index in [1.54, 1.807) is 7.11 Å². The maximum absolute atomic E-state index is 13.2. The minimum Gasteiger partial charge on any atom is -0.497 e. The zero-order chi connectivity index (χ0) is 21.9. The maximum Gasteiger partial charge on any atom is 0.227 e. The SMILES string of the molecule is COc1cccc(CC(=O)N2CCCC2c2[nH]ncc2-c2ccnc(N3CCCC3)n2)c1. The summed E-state index contributed by atoms with van der Waals surface area (Å²) >= 11 is 0. The van der Waals surface area contributed by atoms with Gasteiger partial charge in [-0.3, -0.25) is 9.89 Å². The molecule has 0 spiro atoms. The standard InChI is InChI=1S/C24H28N6O2/c1-32-18-7-4-6-17(14-18)15-22(31)30-13-5-8-21(30)23-19(16-26-28-23)20-9-10-25-24(27-20)29-11-2-3-12-29/h4,6-7,9-10,14,16,21H,2-3,5,8,11-13,15H2,1H3,(H,26,28). The summed E-state index contributed by atoms with van der Waals surface area (Å²) in [6.07, 6.45) is 8.21. The number of rotatable bonds is 6. The van der Waals surface area contributed by atoms with Crippen LogP contribution in [0.4, 0.5) is 5.95 Å². The summed E-state index contributed by atoms with van der Waals surface area (Å²) in [6.45, 7) is 2.74. The second kappa shape index (κ2) is 8.98. The molecule has 1 N–H and O–H groups in total. The van der Waals surface area contributed by atoms with Crippen LogP contribution in [0.2, 0.25) is 0 Å². The van der Waals surface area contributed by atoms with E-state index in [4.69, 9.17) is 9.72 Å². The van der Waals surface area contributed by atoms with E-state index in [2.05, 4.69) is 20.1 Å². The Kier molecular flexibility index (Phi) is 5.75. The largest absolute Gasteiger partial charge is 0.497 e. The zero-order valence-corrected chi connectivity index (χ0v) is 18.3. The average Bonchev–Trinajstić information content (AvgIpc) is 3.60. The summed E-state index contributed by atoms with van der Waals surface area (Å²) in [5, 5.41) is 7.48. The number of ether oxygens (including phenoxy) is 1. The number of benzene rings is 1. The van der Waals surface area contributed by atoms with Crippen LogP contribution in [0.3, 0.4) is 0 Å². The van der Waals surface area contributed by atoms with Crippen LogP contribution in [0.5, 0.6) is 5.75 Å². The van der Waals surface area contributed by atoms with Crippen molar-refractivity contribution in [3.63, 3.8) is 0 Å². The van der Waals surface area contributed by atoms with Crippen LogP contribution in [0.15, 0.2) is 42.7 Å². The van der Waals surface area contributed by atoms with Crippen molar-refractivity contribution >= 4 is 11.9 Å². The van der Waals surface area contributed by atoms with Gasteiger partial charge in [-0.2, -0.15) is 5.10 Å². The summed E-state index contributed by atoms with van der Waals surface area (Å²) in [7, 11) is 1.64. The highest BCUT2D eigenvalue weighted by molar-refractivity contribution is 5.80. The van der Waals surface area contributed by atoms with Gasteiger partial charge in [0.1, 0.15) is 5.75 Å². The Labute approximate surface area is 187 Å². The van der Waals surface area contributed by atoms with Crippen LogP contribution >= 0.6 is 0 Å². The Bertz CT molecular complexity index is 1090. The van der Waals surface area contributed by atoms with Gasteiger partial charge in [0.15, 0.2) is 0 Å². The van der Waals surface area contributed by atoms with E-state index in [1.807, 2.05) is 47.6 Å². The van der Waals surface area contributed by atoms with Gasteiger partial charge in [-0.15, -0.1) is 0 Å². The maximum atomic E-state index is 13.2. The molecular formula is C24H28N6O2. The van der Waals surface area contributed by atoms with E-state index in [-0.39, 0.29) is 11.9 Å². The monoisotopic (exact) mass is 432 g/mol. The minimum atomic E-state index is -0.0317. The third-order valence-corrected chi connectivity index (χ3v) is 6.37. The number of likely N-dealkylation sites (tertiary alicyclic amines) is 1. The Balaban J connectivity index is 1.38. The number of aromatic nitrogens is 4. The van der Waals surface area contributed by atoms with Gasteiger partial charge in [-0.25, -0.2) is 9.97 Å². The molecule has 8 nitrogen and oxygen atoms in total. The number of carbonyl (C=O) groups excluding carboxylic acids is 1. The first kappa shape index (κ1) is 20.5. The molecular weight excluding hydrogens is 404 g/mol. The Hall–Kier alpha value is -3.42. The molecule has 1 aromatic carbocycles. The molecule has 1 amide bonds. The first-order valence-electron chi connectivity index (χ1n) is 11.3. The number of hydrogen-bond acceptors (Lipinski definition) is 6. The zero-order valence-electron chi connectivity index (χ0n) is 18.3. The smallest absolute Gasteiger partial charge is 0.227 e. The molecule has 2 aliphatic rings. The van der Waals surface area contributed by atoms with Crippen molar-refractivity contribution in [2.24, 2.45) is 0 Å².